The molecule has 176 valence electrons. The SMILES string of the molecule is CN(Cc1cccnc1)C(=O)c1ccc(C[C@@H]2CC[C@H]([C@H](O)c3ccc(C4CC4)nc3)C2)cc1. The molecule has 2 aromatic heterocycles. The van der Waals surface area contributed by atoms with E-state index in [1.807, 2.05) is 37.5 Å². The van der Waals surface area contributed by atoms with Crippen LogP contribution in [0.3, 0.4) is 0 Å². The van der Waals surface area contributed by atoms with E-state index in [0.29, 0.717) is 29.9 Å². The van der Waals surface area contributed by atoms with Gasteiger partial charge in [0.1, 0.15) is 0 Å². The zero-order valence-corrected chi connectivity index (χ0v) is 19.8. The molecule has 5 heteroatoms. The minimum atomic E-state index is -0.430. The molecule has 0 radical (unpaired) electrons. The van der Waals surface area contributed by atoms with Gasteiger partial charge in [0.05, 0.1) is 6.10 Å². The number of carbonyl (C=O) groups excluding carboxylic acids is 1. The van der Waals surface area contributed by atoms with E-state index < -0.39 is 6.10 Å². The topological polar surface area (TPSA) is 66.3 Å². The van der Waals surface area contributed by atoms with Crippen molar-refractivity contribution in [3.63, 3.8) is 0 Å². The maximum atomic E-state index is 12.8. The fourth-order valence-electron chi connectivity index (χ4n) is 5.24. The van der Waals surface area contributed by atoms with E-state index in [2.05, 4.69) is 34.2 Å². The van der Waals surface area contributed by atoms with Crippen molar-refractivity contribution in [2.75, 3.05) is 7.05 Å². The molecule has 3 atom stereocenters. The molecule has 2 heterocycles. The van der Waals surface area contributed by atoms with Gasteiger partial charge in [-0.15, -0.1) is 0 Å². The van der Waals surface area contributed by atoms with E-state index in [-0.39, 0.29) is 5.91 Å². The molecular formula is C29H33N3O2. The van der Waals surface area contributed by atoms with Crippen molar-refractivity contribution < 1.29 is 9.90 Å². The van der Waals surface area contributed by atoms with Crippen molar-refractivity contribution >= 4 is 5.91 Å². The van der Waals surface area contributed by atoms with Crippen molar-refractivity contribution in [3.8, 4) is 0 Å². The number of aliphatic hydroxyl groups excluding tert-OH is 1. The molecule has 2 fully saturated rings. The Labute approximate surface area is 201 Å². The summed E-state index contributed by atoms with van der Waals surface area (Å²) >= 11 is 0. The third-order valence-corrected chi connectivity index (χ3v) is 7.39. The summed E-state index contributed by atoms with van der Waals surface area (Å²) in [6.45, 7) is 0.541. The molecule has 0 unspecified atom stereocenters. The lowest BCUT2D eigenvalue weighted by Crippen LogP contribution is -2.26. The van der Waals surface area contributed by atoms with E-state index >= 15 is 0 Å². The Hall–Kier alpha value is -3.05. The van der Waals surface area contributed by atoms with Gasteiger partial charge in [0.2, 0.25) is 0 Å². The number of aliphatic hydroxyl groups is 1. The maximum Gasteiger partial charge on any atom is 0.253 e. The van der Waals surface area contributed by atoms with Crippen LogP contribution in [-0.4, -0.2) is 32.9 Å². The van der Waals surface area contributed by atoms with Crippen molar-refractivity contribution in [2.45, 2.75) is 57.1 Å². The molecular weight excluding hydrogens is 422 g/mol. The smallest absolute Gasteiger partial charge is 0.253 e. The standard InChI is InChI=1S/C29H33N3O2/c1-32(19-22-3-2-14-30-17-22)29(34)24-7-4-20(5-8-24)15-21-6-9-25(16-21)28(33)26-12-13-27(31-18-26)23-10-11-23/h2-5,7-8,12-14,17-18,21,23,25,28,33H,6,9-11,15-16,19H2,1H3/t21-,25-,28-/m0/s1. The van der Waals surface area contributed by atoms with Crippen molar-refractivity contribution in [2.24, 2.45) is 11.8 Å². The Morgan fingerprint density at radius 2 is 1.85 bits per heavy atom. The van der Waals surface area contributed by atoms with Crippen LogP contribution < -0.4 is 0 Å². The minimum Gasteiger partial charge on any atom is -0.388 e. The number of nitrogens with zero attached hydrogens (tertiary/aromatic N) is 3. The second kappa shape index (κ2) is 10.1. The highest BCUT2D eigenvalue weighted by Gasteiger charge is 2.31. The highest BCUT2D eigenvalue weighted by Crippen LogP contribution is 2.42. The van der Waals surface area contributed by atoms with E-state index in [4.69, 9.17) is 0 Å². The van der Waals surface area contributed by atoms with Gasteiger partial charge in [-0.25, -0.2) is 0 Å². The van der Waals surface area contributed by atoms with E-state index in [1.165, 1.54) is 24.1 Å². The second-order valence-corrected chi connectivity index (χ2v) is 10.1. The molecule has 0 aliphatic heterocycles. The van der Waals surface area contributed by atoms with Crippen LogP contribution in [-0.2, 0) is 13.0 Å². The summed E-state index contributed by atoms with van der Waals surface area (Å²) in [4.78, 5) is 23.2. The molecule has 0 spiro atoms. The summed E-state index contributed by atoms with van der Waals surface area (Å²) in [5, 5.41) is 10.9. The Balaban J connectivity index is 1.13. The Kier molecular flexibility index (Phi) is 6.73. The number of aromatic nitrogens is 2. The number of hydrogen-bond acceptors (Lipinski definition) is 4. The first-order chi connectivity index (χ1) is 16.6. The third-order valence-electron chi connectivity index (χ3n) is 7.39. The Morgan fingerprint density at radius 1 is 1.03 bits per heavy atom. The van der Waals surface area contributed by atoms with Crippen LogP contribution >= 0.6 is 0 Å². The van der Waals surface area contributed by atoms with Gasteiger partial charge in [0.25, 0.3) is 5.91 Å². The molecule has 5 rings (SSSR count). The number of rotatable bonds is 8. The van der Waals surface area contributed by atoms with Gasteiger partial charge in [0, 0.05) is 49.4 Å². The highest BCUT2D eigenvalue weighted by atomic mass is 16.3. The summed E-state index contributed by atoms with van der Waals surface area (Å²) in [6, 6.07) is 16.1. The molecule has 2 aliphatic rings. The molecule has 3 aromatic rings. The van der Waals surface area contributed by atoms with Crippen molar-refractivity contribution in [1.29, 1.82) is 0 Å². The van der Waals surface area contributed by atoms with Crippen molar-refractivity contribution in [3.05, 3.63) is 95.1 Å². The van der Waals surface area contributed by atoms with E-state index in [1.54, 1.807) is 17.3 Å². The fraction of sp³-hybridized carbons (Fsp3) is 0.414. The fourth-order valence-corrected chi connectivity index (χ4v) is 5.24. The lowest BCUT2D eigenvalue weighted by molar-refractivity contribution is 0.0785. The van der Waals surface area contributed by atoms with Gasteiger partial charge in [-0.2, -0.15) is 0 Å². The van der Waals surface area contributed by atoms with Crippen LogP contribution in [0.25, 0.3) is 0 Å². The summed E-state index contributed by atoms with van der Waals surface area (Å²) < 4.78 is 0. The first-order valence-corrected chi connectivity index (χ1v) is 12.4. The third kappa shape index (κ3) is 5.36. The Morgan fingerprint density at radius 3 is 2.53 bits per heavy atom. The maximum absolute atomic E-state index is 12.8. The summed E-state index contributed by atoms with van der Waals surface area (Å²) in [5.41, 5.74) is 5.10. The van der Waals surface area contributed by atoms with Crippen LogP contribution in [0.5, 0.6) is 0 Å². The molecule has 5 nitrogen and oxygen atoms in total. The van der Waals surface area contributed by atoms with E-state index in [9.17, 15) is 9.90 Å². The number of pyridine rings is 2. The minimum absolute atomic E-state index is 0.0146. The summed E-state index contributed by atoms with van der Waals surface area (Å²) in [5.74, 6) is 1.51. The normalized spacial score (nSPS) is 20.8. The van der Waals surface area contributed by atoms with Crippen LogP contribution in [0.4, 0.5) is 0 Å². The highest BCUT2D eigenvalue weighted by molar-refractivity contribution is 5.94. The average molecular weight is 456 g/mol. The molecule has 1 amide bonds. The summed E-state index contributed by atoms with van der Waals surface area (Å²) in [6.07, 6.45) is 11.7. The average Bonchev–Trinajstić information content (AvgIpc) is 3.63. The lowest BCUT2D eigenvalue weighted by Gasteiger charge is -2.19. The Bertz CT molecular complexity index is 1090. The van der Waals surface area contributed by atoms with Crippen LogP contribution in [0.1, 0.15) is 76.9 Å². The first kappa shape index (κ1) is 22.7. The zero-order valence-electron chi connectivity index (χ0n) is 19.8. The molecule has 2 saturated carbocycles. The number of benzene rings is 1. The zero-order chi connectivity index (χ0) is 23.5. The van der Waals surface area contributed by atoms with Crippen LogP contribution in [0, 0.1) is 11.8 Å². The molecule has 0 bridgehead atoms. The predicted molar refractivity (Wildman–Crippen MR) is 132 cm³/mol. The van der Waals surface area contributed by atoms with Gasteiger partial charge in [-0.05, 0) is 91.3 Å². The second-order valence-electron chi connectivity index (χ2n) is 10.1. The van der Waals surface area contributed by atoms with Gasteiger partial charge in [0.15, 0.2) is 0 Å². The van der Waals surface area contributed by atoms with Gasteiger partial charge in [-0.3, -0.25) is 14.8 Å². The molecule has 34 heavy (non-hydrogen) atoms. The number of hydrogen-bond donors (Lipinski definition) is 1. The van der Waals surface area contributed by atoms with Crippen LogP contribution in [0.2, 0.25) is 0 Å². The van der Waals surface area contributed by atoms with Crippen LogP contribution in [0.15, 0.2) is 67.1 Å². The van der Waals surface area contributed by atoms with Crippen molar-refractivity contribution in [1.82, 2.24) is 14.9 Å². The van der Waals surface area contributed by atoms with Gasteiger partial charge in [-0.1, -0.05) is 24.3 Å². The monoisotopic (exact) mass is 455 g/mol. The number of amides is 1. The molecule has 1 aromatic carbocycles. The predicted octanol–water partition coefficient (Wildman–Crippen LogP) is 5.32. The van der Waals surface area contributed by atoms with E-state index in [0.717, 1.165) is 36.8 Å². The molecule has 0 saturated heterocycles. The first-order valence-electron chi connectivity index (χ1n) is 12.4. The summed E-state index contributed by atoms with van der Waals surface area (Å²) in [7, 11) is 1.82. The van der Waals surface area contributed by atoms with Gasteiger partial charge >= 0.3 is 0 Å². The largest absolute Gasteiger partial charge is 0.388 e. The van der Waals surface area contributed by atoms with Gasteiger partial charge < -0.3 is 10.0 Å². The quantitative estimate of drug-likeness (QED) is 0.499. The number of carbonyl (C=O) groups is 1. The molecule has 2 aliphatic carbocycles. The lowest BCUT2D eigenvalue weighted by atomic mass is 9.92. The molecule has 1 N–H and O–H groups in total.